The molecule has 0 spiro atoms. The van der Waals surface area contributed by atoms with Crippen molar-refractivity contribution < 1.29 is 9.53 Å². The molecule has 1 unspecified atom stereocenters. The molecule has 0 radical (unpaired) electrons. The Morgan fingerprint density at radius 2 is 2.21 bits per heavy atom. The van der Waals surface area contributed by atoms with Gasteiger partial charge in [-0.25, -0.2) is 0 Å². The Morgan fingerprint density at radius 1 is 1.53 bits per heavy atom. The third kappa shape index (κ3) is 3.17. The van der Waals surface area contributed by atoms with E-state index in [2.05, 4.69) is 13.0 Å². The summed E-state index contributed by atoms with van der Waals surface area (Å²) in [6.45, 7) is 6.21. The van der Waals surface area contributed by atoms with Crippen molar-refractivity contribution in [2.75, 3.05) is 0 Å². The van der Waals surface area contributed by atoms with Crippen LogP contribution in [0.4, 0.5) is 0 Å². The molecular weight excluding hydrogens is 283 g/mol. The number of halogens is 2. The number of carbonyl (C=O) groups excluding carboxylic acids is 1. The first-order valence-corrected chi connectivity index (χ1v) is 7.53. The van der Waals surface area contributed by atoms with E-state index in [0.717, 1.165) is 19.3 Å². The standard InChI is InChI=1S/C15H20Cl2O2/c1-4-9-5-6-10(7-9)19-14(18)13-11(8-12(16)17)15(13,2)3/h5,8,10-11,13H,4,6-7H2,1-3H3/t10?,11-,13-/m0/s1. The van der Waals surface area contributed by atoms with Gasteiger partial charge in [-0.3, -0.25) is 4.79 Å². The maximum Gasteiger partial charge on any atom is 0.310 e. The van der Waals surface area contributed by atoms with Crippen LogP contribution in [0.5, 0.6) is 0 Å². The highest BCUT2D eigenvalue weighted by Gasteiger charge is 2.61. The molecule has 2 aliphatic rings. The third-order valence-corrected chi connectivity index (χ3v) is 4.62. The minimum absolute atomic E-state index is 0.0231. The van der Waals surface area contributed by atoms with E-state index in [4.69, 9.17) is 27.9 Å². The summed E-state index contributed by atoms with van der Waals surface area (Å²) in [5, 5.41) is 0. The zero-order valence-electron chi connectivity index (χ0n) is 11.6. The summed E-state index contributed by atoms with van der Waals surface area (Å²) in [5.41, 5.74) is 1.28. The number of esters is 1. The second-order valence-corrected chi connectivity index (χ2v) is 7.00. The molecule has 0 aromatic rings. The molecule has 2 nitrogen and oxygen atoms in total. The summed E-state index contributed by atoms with van der Waals surface area (Å²) in [6.07, 6.45) is 6.72. The van der Waals surface area contributed by atoms with Gasteiger partial charge >= 0.3 is 5.97 Å². The van der Waals surface area contributed by atoms with Gasteiger partial charge in [-0.2, -0.15) is 0 Å². The summed E-state index contributed by atoms with van der Waals surface area (Å²) in [5.74, 6) is -0.146. The predicted molar refractivity (Wildman–Crippen MR) is 78.0 cm³/mol. The zero-order valence-corrected chi connectivity index (χ0v) is 13.1. The van der Waals surface area contributed by atoms with Crippen molar-refractivity contribution in [1.82, 2.24) is 0 Å². The monoisotopic (exact) mass is 302 g/mol. The van der Waals surface area contributed by atoms with Gasteiger partial charge < -0.3 is 4.74 Å². The third-order valence-electron chi connectivity index (χ3n) is 4.37. The second kappa shape index (κ2) is 5.49. The van der Waals surface area contributed by atoms with Crippen LogP contribution in [0.15, 0.2) is 22.2 Å². The number of rotatable bonds is 4. The quantitative estimate of drug-likeness (QED) is 0.559. The molecule has 0 aromatic carbocycles. The van der Waals surface area contributed by atoms with Crippen molar-refractivity contribution >= 4 is 29.2 Å². The van der Waals surface area contributed by atoms with Gasteiger partial charge in [-0.15, -0.1) is 0 Å². The number of hydrogen-bond donors (Lipinski definition) is 0. The first-order chi connectivity index (χ1) is 8.86. The molecule has 4 heteroatoms. The molecule has 0 bridgehead atoms. The molecular formula is C15H20Cl2O2. The van der Waals surface area contributed by atoms with E-state index in [9.17, 15) is 4.79 Å². The Hall–Kier alpha value is -0.470. The van der Waals surface area contributed by atoms with E-state index in [1.807, 2.05) is 13.8 Å². The predicted octanol–water partition coefficient (Wildman–Crippen LogP) is 4.62. The van der Waals surface area contributed by atoms with Crippen LogP contribution in [0.25, 0.3) is 0 Å². The zero-order chi connectivity index (χ0) is 14.2. The van der Waals surface area contributed by atoms with Crippen molar-refractivity contribution in [3.05, 3.63) is 22.2 Å². The largest absolute Gasteiger partial charge is 0.461 e. The molecule has 1 fully saturated rings. The Balaban J connectivity index is 1.90. The van der Waals surface area contributed by atoms with Crippen molar-refractivity contribution in [3.8, 4) is 0 Å². The second-order valence-electron chi connectivity index (χ2n) is 6.00. The lowest BCUT2D eigenvalue weighted by atomic mass is 10.1. The lowest BCUT2D eigenvalue weighted by Gasteiger charge is -2.12. The van der Waals surface area contributed by atoms with Crippen LogP contribution < -0.4 is 0 Å². The molecule has 106 valence electrons. The van der Waals surface area contributed by atoms with Crippen LogP contribution in [0.2, 0.25) is 0 Å². The van der Waals surface area contributed by atoms with Gasteiger partial charge in [0.15, 0.2) is 0 Å². The van der Waals surface area contributed by atoms with Gasteiger partial charge in [0.2, 0.25) is 0 Å². The van der Waals surface area contributed by atoms with E-state index in [0.29, 0.717) is 0 Å². The topological polar surface area (TPSA) is 26.3 Å². The smallest absolute Gasteiger partial charge is 0.310 e. The van der Waals surface area contributed by atoms with Gasteiger partial charge in [0.1, 0.15) is 10.6 Å². The number of allylic oxidation sites excluding steroid dienone is 1. The van der Waals surface area contributed by atoms with E-state index in [1.165, 1.54) is 5.57 Å². The van der Waals surface area contributed by atoms with Crippen molar-refractivity contribution in [1.29, 1.82) is 0 Å². The lowest BCUT2D eigenvalue weighted by molar-refractivity contribution is -0.151. The molecule has 2 rings (SSSR count). The van der Waals surface area contributed by atoms with E-state index >= 15 is 0 Å². The van der Waals surface area contributed by atoms with E-state index in [1.54, 1.807) is 6.08 Å². The average Bonchev–Trinajstić information content (AvgIpc) is 2.70. The highest BCUT2D eigenvalue weighted by molar-refractivity contribution is 6.55. The maximum absolute atomic E-state index is 12.2. The van der Waals surface area contributed by atoms with Crippen LogP contribution in [0.1, 0.15) is 40.0 Å². The molecule has 1 saturated carbocycles. The van der Waals surface area contributed by atoms with Crippen LogP contribution in [-0.4, -0.2) is 12.1 Å². The first kappa shape index (κ1) is 14.9. The molecule has 0 saturated heterocycles. The summed E-state index contributed by atoms with van der Waals surface area (Å²) < 4.78 is 5.83. The van der Waals surface area contributed by atoms with Gasteiger partial charge in [0.25, 0.3) is 0 Å². The van der Waals surface area contributed by atoms with Crippen molar-refractivity contribution in [3.63, 3.8) is 0 Å². The van der Waals surface area contributed by atoms with Crippen LogP contribution in [0, 0.1) is 17.3 Å². The molecule has 0 aromatic heterocycles. The van der Waals surface area contributed by atoms with Crippen molar-refractivity contribution in [2.45, 2.75) is 46.1 Å². The van der Waals surface area contributed by atoms with E-state index < -0.39 is 0 Å². The van der Waals surface area contributed by atoms with Gasteiger partial charge in [-0.1, -0.05) is 55.6 Å². The van der Waals surface area contributed by atoms with Gasteiger partial charge in [0, 0.05) is 12.8 Å². The molecule has 0 heterocycles. The first-order valence-electron chi connectivity index (χ1n) is 6.77. The Kier molecular flexibility index (Phi) is 4.32. The molecule has 0 N–H and O–H groups in total. The fourth-order valence-corrected chi connectivity index (χ4v) is 3.22. The Labute approximate surface area is 124 Å². The van der Waals surface area contributed by atoms with Crippen molar-refractivity contribution in [2.24, 2.45) is 17.3 Å². The number of ether oxygens (including phenoxy) is 1. The molecule has 2 aliphatic carbocycles. The summed E-state index contributed by atoms with van der Waals surface area (Å²) in [4.78, 5) is 12.2. The maximum atomic E-state index is 12.2. The highest BCUT2D eigenvalue weighted by Crippen LogP contribution is 2.60. The minimum Gasteiger partial charge on any atom is -0.461 e. The molecule has 19 heavy (non-hydrogen) atoms. The van der Waals surface area contributed by atoms with Gasteiger partial charge in [-0.05, 0) is 23.8 Å². The van der Waals surface area contributed by atoms with Crippen LogP contribution in [-0.2, 0) is 9.53 Å². The average molecular weight is 303 g/mol. The number of hydrogen-bond acceptors (Lipinski definition) is 2. The summed E-state index contributed by atoms with van der Waals surface area (Å²) in [7, 11) is 0. The summed E-state index contributed by atoms with van der Waals surface area (Å²) in [6, 6.07) is 0. The number of carbonyl (C=O) groups is 1. The summed E-state index contributed by atoms with van der Waals surface area (Å²) >= 11 is 11.4. The fraction of sp³-hybridized carbons (Fsp3) is 0.667. The highest BCUT2D eigenvalue weighted by atomic mass is 35.5. The van der Waals surface area contributed by atoms with E-state index in [-0.39, 0.29) is 33.8 Å². The fourth-order valence-electron chi connectivity index (χ4n) is 2.95. The minimum atomic E-state index is -0.120. The molecule has 3 atom stereocenters. The Morgan fingerprint density at radius 3 is 2.74 bits per heavy atom. The Bertz CT molecular complexity index is 433. The SMILES string of the molecule is CCC1=CCC(OC(=O)[C@@H]2[C@H](C=C(Cl)Cl)C2(C)C)C1. The van der Waals surface area contributed by atoms with Crippen LogP contribution >= 0.6 is 23.2 Å². The normalized spacial score (nSPS) is 31.6. The van der Waals surface area contributed by atoms with Crippen LogP contribution in [0.3, 0.4) is 0 Å². The van der Waals surface area contributed by atoms with Gasteiger partial charge in [0.05, 0.1) is 5.92 Å². The molecule has 0 aliphatic heterocycles. The molecule has 0 amide bonds. The lowest BCUT2D eigenvalue weighted by Crippen LogP contribution is -2.18.